The number of halogens is 2. The molecule has 150 valence electrons. The minimum absolute atomic E-state index is 0.301. The Bertz CT molecular complexity index is 1040. The molecule has 0 saturated carbocycles. The van der Waals surface area contributed by atoms with E-state index in [-0.39, 0.29) is 0 Å². The Morgan fingerprint density at radius 3 is 2.59 bits per heavy atom. The lowest BCUT2D eigenvalue weighted by Gasteiger charge is -2.13. The quantitative estimate of drug-likeness (QED) is 0.509. The van der Waals surface area contributed by atoms with Gasteiger partial charge in [0.15, 0.2) is 6.61 Å². The van der Waals surface area contributed by atoms with Gasteiger partial charge in [0.2, 0.25) is 0 Å². The van der Waals surface area contributed by atoms with Crippen molar-refractivity contribution in [2.75, 3.05) is 17.7 Å². The number of carbonyl (C=O) groups excluding carboxylic acids is 2. The fourth-order valence-electron chi connectivity index (χ4n) is 3.08. The number of ether oxygens (including phenoxy) is 1. The van der Waals surface area contributed by atoms with Crippen LogP contribution in [0.1, 0.15) is 20.8 Å². The molecule has 2 aromatic heterocycles. The zero-order chi connectivity index (χ0) is 20.4. The number of nitrogens with one attached hydrogen (secondary N) is 1. The number of benzene rings is 1. The molecular formula is C20H16Cl2N2O3S2. The van der Waals surface area contributed by atoms with E-state index in [1.807, 2.05) is 40.9 Å². The molecule has 1 N–H and O–H groups in total. The minimum Gasteiger partial charge on any atom is -0.452 e. The van der Waals surface area contributed by atoms with Gasteiger partial charge in [-0.2, -0.15) is 11.8 Å². The minimum atomic E-state index is -0.504. The summed E-state index contributed by atoms with van der Waals surface area (Å²) < 4.78 is 7.26. The second-order valence-electron chi connectivity index (χ2n) is 6.30. The molecule has 9 heteroatoms. The number of rotatable bonds is 5. The van der Waals surface area contributed by atoms with E-state index in [1.54, 1.807) is 29.5 Å². The summed E-state index contributed by atoms with van der Waals surface area (Å²) in [6.45, 7) is -0.426. The van der Waals surface area contributed by atoms with Crippen molar-refractivity contribution in [2.24, 2.45) is 0 Å². The molecule has 3 aromatic rings. The van der Waals surface area contributed by atoms with Gasteiger partial charge in [-0.25, -0.2) is 4.79 Å². The molecule has 0 fully saturated rings. The highest BCUT2D eigenvalue weighted by atomic mass is 35.5. The molecule has 1 amide bonds. The molecule has 0 aliphatic carbocycles. The first kappa shape index (κ1) is 20.3. The van der Waals surface area contributed by atoms with Crippen molar-refractivity contribution < 1.29 is 14.3 Å². The summed E-state index contributed by atoms with van der Waals surface area (Å²) in [5.41, 5.74) is 1.87. The van der Waals surface area contributed by atoms with Crippen molar-refractivity contribution >= 4 is 63.9 Å². The second kappa shape index (κ2) is 8.83. The van der Waals surface area contributed by atoms with Crippen LogP contribution >= 0.6 is 46.3 Å². The molecule has 0 unspecified atom stereocenters. The fraction of sp³-hybridized carbons (Fsp3) is 0.200. The van der Waals surface area contributed by atoms with Crippen molar-refractivity contribution in [1.82, 2.24) is 4.57 Å². The molecule has 1 aromatic carbocycles. The lowest BCUT2D eigenvalue weighted by atomic mass is 10.1. The van der Waals surface area contributed by atoms with Crippen LogP contribution in [0.15, 0.2) is 42.7 Å². The number of aromatic nitrogens is 1. The van der Waals surface area contributed by atoms with Crippen molar-refractivity contribution in [3.8, 4) is 5.00 Å². The van der Waals surface area contributed by atoms with Crippen LogP contribution in [0.4, 0.5) is 5.69 Å². The normalized spacial score (nSPS) is 13.0. The van der Waals surface area contributed by atoms with Gasteiger partial charge >= 0.3 is 5.97 Å². The summed E-state index contributed by atoms with van der Waals surface area (Å²) in [5.74, 6) is 0.835. The molecule has 0 radical (unpaired) electrons. The predicted octanol–water partition coefficient (Wildman–Crippen LogP) is 5.43. The Labute approximate surface area is 186 Å². The van der Waals surface area contributed by atoms with E-state index < -0.39 is 18.5 Å². The Balaban J connectivity index is 1.51. The molecule has 1 aliphatic rings. The zero-order valence-electron chi connectivity index (χ0n) is 15.1. The summed E-state index contributed by atoms with van der Waals surface area (Å²) in [5, 5.41) is 4.05. The molecule has 1 aliphatic heterocycles. The van der Waals surface area contributed by atoms with Crippen molar-refractivity contribution in [2.45, 2.75) is 12.2 Å². The van der Waals surface area contributed by atoms with Gasteiger partial charge in [-0.05, 0) is 42.0 Å². The average molecular weight is 467 g/mol. The smallest absolute Gasteiger partial charge is 0.341 e. The highest BCUT2D eigenvalue weighted by Gasteiger charge is 2.27. The number of thioether (sulfide) groups is 1. The molecular weight excluding hydrogens is 451 g/mol. The summed E-state index contributed by atoms with van der Waals surface area (Å²) in [7, 11) is 0. The van der Waals surface area contributed by atoms with E-state index >= 15 is 0 Å². The van der Waals surface area contributed by atoms with Gasteiger partial charge < -0.3 is 14.6 Å². The third kappa shape index (κ3) is 4.33. The van der Waals surface area contributed by atoms with Crippen molar-refractivity contribution in [3.05, 3.63) is 68.8 Å². The number of hydrogen-bond donors (Lipinski definition) is 1. The maximum absolute atomic E-state index is 12.9. The van der Waals surface area contributed by atoms with Crippen LogP contribution in [0.3, 0.4) is 0 Å². The number of esters is 1. The van der Waals surface area contributed by atoms with Gasteiger partial charge in [-0.1, -0.05) is 29.3 Å². The van der Waals surface area contributed by atoms with Crippen LogP contribution in [0.2, 0.25) is 10.0 Å². The van der Waals surface area contributed by atoms with Gasteiger partial charge in [-0.15, -0.1) is 11.3 Å². The standard InChI is InChI=1S/C20H16Cl2N2O3S2/c21-13-4-3-5-14(22)18(13)23-16(25)10-27-20(26)17-12-6-9-28-11-15(12)29-19(17)24-7-1-2-8-24/h1-5,7-8H,6,9-11H2,(H,23,25). The summed E-state index contributed by atoms with van der Waals surface area (Å²) in [6, 6.07) is 8.73. The zero-order valence-corrected chi connectivity index (χ0v) is 18.3. The summed E-state index contributed by atoms with van der Waals surface area (Å²) in [6.07, 6.45) is 4.60. The molecule has 0 saturated heterocycles. The molecule has 4 rings (SSSR count). The molecule has 29 heavy (non-hydrogen) atoms. The van der Waals surface area contributed by atoms with E-state index in [2.05, 4.69) is 5.32 Å². The molecule has 5 nitrogen and oxygen atoms in total. The maximum Gasteiger partial charge on any atom is 0.341 e. The highest BCUT2D eigenvalue weighted by molar-refractivity contribution is 7.98. The number of amides is 1. The fourth-order valence-corrected chi connectivity index (χ4v) is 6.00. The van der Waals surface area contributed by atoms with E-state index in [0.29, 0.717) is 21.3 Å². The first-order valence-corrected chi connectivity index (χ1v) is 11.5. The third-order valence-corrected chi connectivity index (χ3v) is 7.45. The second-order valence-corrected chi connectivity index (χ2v) is 9.30. The lowest BCUT2D eigenvalue weighted by molar-refractivity contribution is -0.119. The summed E-state index contributed by atoms with van der Waals surface area (Å²) in [4.78, 5) is 26.4. The largest absolute Gasteiger partial charge is 0.452 e. The lowest BCUT2D eigenvalue weighted by Crippen LogP contribution is -2.22. The van der Waals surface area contributed by atoms with Crippen molar-refractivity contribution in [1.29, 1.82) is 0 Å². The molecule has 0 atom stereocenters. The van der Waals surface area contributed by atoms with Gasteiger partial charge in [0.1, 0.15) is 5.00 Å². The Morgan fingerprint density at radius 2 is 1.86 bits per heavy atom. The topological polar surface area (TPSA) is 60.3 Å². The Kier molecular flexibility index (Phi) is 6.20. The Morgan fingerprint density at radius 1 is 1.14 bits per heavy atom. The van der Waals surface area contributed by atoms with Gasteiger partial charge in [0.25, 0.3) is 5.91 Å². The van der Waals surface area contributed by atoms with E-state index in [1.165, 1.54) is 4.88 Å². The highest BCUT2D eigenvalue weighted by Crippen LogP contribution is 2.38. The van der Waals surface area contributed by atoms with Gasteiger partial charge in [-0.3, -0.25) is 4.79 Å². The number of hydrogen-bond acceptors (Lipinski definition) is 5. The number of nitrogens with zero attached hydrogens (tertiary/aromatic N) is 1. The third-order valence-electron chi connectivity index (χ3n) is 4.41. The van der Waals surface area contributed by atoms with Crippen LogP contribution in [-0.2, 0) is 21.7 Å². The van der Waals surface area contributed by atoms with Gasteiger partial charge in [0, 0.05) is 23.0 Å². The van der Waals surface area contributed by atoms with Crippen LogP contribution in [0.5, 0.6) is 0 Å². The van der Waals surface area contributed by atoms with E-state index in [4.69, 9.17) is 27.9 Å². The maximum atomic E-state index is 12.9. The van der Waals surface area contributed by atoms with E-state index in [0.717, 1.165) is 28.5 Å². The van der Waals surface area contributed by atoms with Crippen molar-refractivity contribution in [3.63, 3.8) is 0 Å². The van der Waals surface area contributed by atoms with Crippen LogP contribution in [-0.4, -0.2) is 28.8 Å². The van der Waals surface area contributed by atoms with E-state index in [9.17, 15) is 9.59 Å². The van der Waals surface area contributed by atoms with Crippen LogP contribution in [0, 0.1) is 0 Å². The number of fused-ring (bicyclic) bond motifs is 1. The number of thiophene rings is 1. The summed E-state index contributed by atoms with van der Waals surface area (Å²) >= 11 is 15.6. The Hall–Kier alpha value is -1.93. The van der Waals surface area contributed by atoms with Crippen LogP contribution in [0.25, 0.3) is 5.00 Å². The predicted molar refractivity (Wildman–Crippen MR) is 119 cm³/mol. The molecule has 0 spiro atoms. The average Bonchev–Trinajstić information content (AvgIpc) is 3.36. The number of para-hydroxylation sites is 1. The SMILES string of the molecule is O=C(COC(=O)c1c(-n2cccc2)sc2c1CCSC2)Nc1c(Cl)cccc1Cl. The number of carbonyl (C=O) groups is 2. The first-order valence-electron chi connectivity index (χ1n) is 8.81. The first-order chi connectivity index (χ1) is 14.0. The monoisotopic (exact) mass is 466 g/mol. The molecule has 0 bridgehead atoms. The molecule has 3 heterocycles. The van der Waals surface area contributed by atoms with Gasteiger partial charge in [0.05, 0.1) is 21.3 Å². The van der Waals surface area contributed by atoms with Crippen LogP contribution < -0.4 is 5.32 Å². The number of anilines is 1.